The summed E-state index contributed by atoms with van der Waals surface area (Å²) < 4.78 is 12.4. The van der Waals surface area contributed by atoms with Crippen molar-refractivity contribution < 1.29 is 19.4 Å². The average Bonchev–Trinajstić information content (AvgIpc) is 2.16. The Morgan fingerprint density at radius 2 is 2.21 bits per heavy atom. The average molecular weight is 200 g/mol. The number of pyridine rings is 1. The minimum absolute atomic E-state index is 0.0290. The molecule has 0 bridgehead atoms. The highest BCUT2D eigenvalue weighted by molar-refractivity contribution is 5.74. The number of aliphatic hydroxyl groups excluding tert-OH is 1. The summed E-state index contributed by atoms with van der Waals surface area (Å²) in [5, 5.41) is 17.8. The normalized spacial score (nSPS) is 14.8. The third-order valence-corrected chi connectivity index (χ3v) is 1.68. The van der Waals surface area contributed by atoms with Gasteiger partial charge < -0.3 is 15.9 Å². The predicted octanol–water partition coefficient (Wildman–Crippen LogP) is -0.334. The number of aliphatic hydroxyl groups is 1. The fraction of sp³-hybridized carbons (Fsp3) is 0.250. The van der Waals surface area contributed by atoms with Gasteiger partial charge in [-0.15, -0.1) is 0 Å². The molecule has 76 valence electrons. The SMILES string of the molecule is NC(C(=O)O)C(O)c1ccc(F)cn1. The maximum atomic E-state index is 12.4. The molecule has 1 rings (SSSR count). The largest absolute Gasteiger partial charge is 0.480 e. The van der Waals surface area contributed by atoms with E-state index in [1.54, 1.807) is 0 Å². The lowest BCUT2D eigenvalue weighted by atomic mass is 10.1. The molecule has 4 N–H and O–H groups in total. The summed E-state index contributed by atoms with van der Waals surface area (Å²) in [5.74, 6) is -1.91. The van der Waals surface area contributed by atoms with Gasteiger partial charge in [-0.05, 0) is 12.1 Å². The van der Waals surface area contributed by atoms with Gasteiger partial charge in [0, 0.05) is 0 Å². The van der Waals surface area contributed by atoms with Gasteiger partial charge in [-0.2, -0.15) is 0 Å². The molecule has 1 aromatic heterocycles. The van der Waals surface area contributed by atoms with Gasteiger partial charge in [-0.1, -0.05) is 0 Å². The van der Waals surface area contributed by atoms with Crippen molar-refractivity contribution >= 4 is 5.97 Å². The number of carbonyl (C=O) groups is 1. The molecule has 0 aromatic carbocycles. The molecule has 2 unspecified atom stereocenters. The van der Waals surface area contributed by atoms with E-state index in [0.29, 0.717) is 0 Å². The summed E-state index contributed by atoms with van der Waals surface area (Å²) in [5.41, 5.74) is 5.18. The summed E-state index contributed by atoms with van der Waals surface area (Å²) >= 11 is 0. The maximum absolute atomic E-state index is 12.4. The Labute approximate surface area is 79.0 Å². The highest BCUT2D eigenvalue weighted by Crippen LogP contribution is 2.13. The fourth-order valence-electron chi connectivity index (χ4n) is 0.881. The number of nitrogens with two attached hydrogens (primary N) is 1. The van der Waals surface area contributed by atoms with E-state index in [2.05, 4.69) is 4.98 Å². The van der Waals surface area contributed by atoms with Crippen LogP contribution in [0, 0.1) is 5.82 Å². The smallest absolute Gasteiger partial charge is 0.323 e. The van der Waals surface area contributed by atoms with E-state index in [4.69, 9.17) is 10.8 Å². The van der Waals surface area contributed by atoms with E-state index in [-0.39, 0.29) is 5.69 Å². The van der Waals surface area contributed by atoms with Crippen LogP contribution >= 0.6 is 0 Å². The van der Waals surface area contributed by atoms with E-state index in [9.17, 15) is 14.3 Å². The summed E-state index contributed by atoms with van der Waals surface area (Å²) in [6, 6.07) is 0.788. The van der Waals surface area contributed by atoms with Crippen LogP contribution < -0.4 is 5.73 Å². The van der Waals surface area contributed by atoms with Crippen molar-refractivity contribution in [2.24, 2.45) is 5.73 Å². The molecule has 0 radical (unpaired) electrons. The lowest BCUT2D eigenvalue weighted by Gasteiger charge is -2.13. The number of rotatable bonds is 3. The Morgan fingerprint density at radius 1 is 1.57 bits per heavy atom. The van der Waals surface area contributed by atoms with Gasteiger partial charge in [0.1, 0.15) is 18.0 Å². The van der Waals surface area contributed by atoms with Crippen molar-refractivity contribution in [2.45, 2.75) is 12.1 Å². The lowest BCUT2D eigenvalue weighted by Crippen LogP contribution is -2.36. The van der Waals surface area contributed by atoms with Gasteiger partial charge in [-0.25, -0.2) is 4.39 Å². The van der Waals surface area contributed by atoms with E-state index >= 15 is 0 Å². The number of carboxylic acids is 1. The molecule has 14 heavy (non-hydrogen) atoms. The van der Waals surface area contributed by atoms with E-state index in [1.165, 1.54) is 6.07 Å². The molecule has 2 atom stereocenters. The standard InChI is InChI=1S/C8H9FN2O3/c9-4-1-2-5(11-3-4)7(12)6(10)8(13)14/h1-3,6-7,12H,10H2,(H,13,14). The maximum Gasteiger partial charge on any atom is 0.323 e. The number of aromatic nitrogens is 1. The zero-order valence-electron chi connectivity index (χ0n) is 7.09. The van der Waals surface area contributed by atoms with E-state index < -0.39 is 23.9 Å². The second-order valence-electron chi connectivity index (χ2n) is 2.71. The fourth-order valence-corrected chi connectivity index (χ4v) is 0.881. The number of nitrogens with zero attached hydrogens (tertiary/aromatic N) is 1. The number of halogens is 1. The van der Waals surface area contributed by atoms with Crippen LogP contribution in [-0.4, -0.2) is 27.2 Å². The van der Waals surface area contributed by atoms with Crippen molar-refractivity contribution in [1.29, 1.82) is 0 Å². The second-order valence-corrected chi connectivity index (χ2v) is 2.71. The van der Waals surface area contributed by atoms with Gasteiger partial charge in [0.25, 0.3) is 0 Å². The molecule has 0 aliphatic heterocycles. The number of hydrogen-bond acceptors (Lipinski definition) is 4. The number of aliphatic carboxylic acids is 1. The Balaban J connectivity index is 2.84. The highest BCUT2D eigenvalue weighted by atomic mass is 19.1. The van der Waals surface area contributed by atoms with Gasteiger partial charge in [0.2, 0.25) is 0 Å². The molecule has 0 saturated heterocycles. The molecular formula is C8H9FN2O3. The molecule has 1 heterocycles. The minimum atomic E-state index is -1.46. The molecule has 5 nitrogen and oxygen atoms in total. The van der Waals surface area contributed by atoms with E-state index in [0.717, 1.165) is 12.3 Å². The predicted molar refractivity (Wildman–Crippen MR) is 44.8 cm³/mol. The van der Waals surface area contributed by atoms with Gasteiger partial charge in [0.05, 0.1) is 11.9 Å². The van der Waals surface area contributed by atoms with Crippen LogP contribution in [-0.2, 0) is 4.79 Å². The molecular weight excluding hydrogens is 191 g/mol. The summed E-state index contributed by atoms with van der Waals surface area (Å²) in [6.45, 7) is 0. The van der Waals surface area contributed by atoms with Crippen LogP contribution in [0.5, 0.6) is 0 Å². The first-order valence-electron chi connectivity index (χ1n) is 3.80. The van der Waals surface area contributed by atoms with Crippen molar-refractivity contribution in [3.05, 3.63) is 29.8 Å². The quantitative estimate of drug-likeness (QED) is 0.620. The van der Waals surface area contributed by atoms with Crippen molar-refractivity contribution in [3.63, 3.8) is 0 Å². The van der Waals surface area contributed by atoms with Crippen LogP contribution in [0.15, 0.2) is 18.3 Å². The Hall–Kier alpha value is -1.53. The summed E-state index contributed by atoms with van der Waals surface area (Å²) in [7, 11) is 0. The van der Waals surface area contributed by atoms with E-state index in [1.807, 2.05) is 0 Å². The summed E-state index contributed by atoms with van der Waals surface area (Å²) in [6.07, 6.45) is -0.555. The van der Waals surface area contributed by atoms with Crippen LogP contribution in [0.1, 0.15) is 11.8 Å². The molecule has 0 amide bonds. The second kappa shape index (κ2) is 4.12. The Morgan fingerprint density at radius 3 is 2.64 bits per heavy atom. The zero-order chi connectivity index (χ0) is 10.7. The van der Waals surface area contributed by atoms with Crippen molar-refractivity contribution in [1.82, 2.24) is 4.98 Å². The monoisotopic (exact) mass is 200 g/mol. The number of carboxylic acid groups (broad SMARTS) is 1. The molecule has 0 saturated carbocycles. The molecule has 0 aliphatic rings. The van der Waals surface area contributed by atoms with Crippen molar-refractivity contribution in [3.8, 4) is 0 Å². The van der Waals surface area contributed by atoms with Gasteiger partial charge in [-0.3, -0.25) is 9.78 Å². The molecule has 0 spiro atoms. The Kier molecular flexibility index (Phi) is 3.10. The van der Waals surface area contributed by atoms with Gasteiger partial charge in [0.15, 0.2) is 0 Å². The number of hydrogen-bond donors (Lipinski definition) is 3. The first-order valence-corrected chi connectivity index (χ1v) is 3.80. The zero-order valence-corrected chi connectivity index (χ0v) is 7.09. The third kappa shape index (κ3) is 2.24. The van der Waals surface area contributed by atoms with Crippen molar-refractivity contribution in [2.75, 3.05) is 0 Å². The van der Waals surface area contributed by atoms with Crippen LogP contribution in [0.3, 0.4) is 0 Å². The lowest BCUT2D eigenvalue weighted by molar-refractivity contribution is -0.141. The molecule has 0 aliphatic carbocycles. The van der Waals surface area contributed by atoms with Gasteiger partial charge >= 0.3 is 5.97 Å². The first kappa shape index (κ1) is 10.6. The molecule has 1 aromatic rings. The minimum Gasteiger partial charge on any atom is -0.480 e. The first-order chi connectivity index (χ1) is 6.52. The van der Waals surface area contributed by atoms with Crippen LogP contribution in [0.4, 0.5) is 4.39 Å². The molecule has 6 heteroatoms. The van der Waals surface area contributed by atoms with Crippen LogP contribution in [0.2, 0.25) is 0 Å². The highest BCUT2D eigenvalue weighted by Gasteiger charge is 2.24. The summed E-state index contributed by atoms with van der Waals surface area (Å²) in [4.78, 5) is 13.9. The van der Waals surface area contributed by atoms with Crippen LogP contribution in [0.25, 0.3) is 0 Å². The topological polar surface area (TPSA) is 96.4 Å². The third-order valence-electron chi connectivity index (χ3n) is 1.68. The molecule has 0 fully saturated rings. The Bertz CT molecular complexity index is 328.